The van der Waals surface area contributed by atoms with Gasteiger partial charge in [-0.3, -0.25) is 0 Å². The Kier molecular flexibility index (Phi) is 9.72. The molecule has 2 aliphatic carbocycles. The number of anilines is 1. The molecule has 8 heteroatoms. The summed E-state index contributed by atoms with van der Waals surface area (Å²) in [7, 11) is 3.13. The zero-order chi connectivity index (χ0) is 27.1. The molecule has 0 spiro atoms. The molecule has 1 saturated heterocycles. The number of esters is 1. The van der Waals surface area contributed by atoms with Gasteiger partial charge < -0.3 is 20.4 Å². The number of rotatable bonds is 7. The lowest BCUT2D eigenvalue weighted by molar-refractivity contribution is 0.0599. The van der Waals surface area contributed by atoms with Gasteiger partial charge in [0.25, 0.3) is 0 Å². The second-order valence-electron chi connectivity index (χ2n) is 11.1. The molecule has 8 nitrogen and oxygen atoms in total. The number of hydrogen-bond donors (Lipinski definition) is 2. The van der Waals surface area contributed by atoms with E-state index in [0.717, 1.165) is 36.8 Å². The van der Waals surface area contributed by atoms with Gasteiger partial charge in [0.15, 0.2) is 0 Å². The molecule has 0 radical (unpaired) electrons. The molecule has 0 bridgehead atoms. The predicted octanol–water partition coefficient (Wildman–Crippen LogP) is 5.34. The lowest BCUT2D eigenvalue weighted by Crippen LogP contribution is -2.29. The van der Waals surface area contributed by atoms with Crippen molar-refractivity contribution in [3.05, 3.63) is 53.6 Å². The first kappa shape index (κ1) is 28.0. The summed E-state index contributed by atoms with van der Waals surface area (Å²) in [4.78, 5) is 14.8. The number of carbonyl (C=O) groups excluding carboxylic acids is 1. The van der Waals surface area contributed by atoms with Gasteiger partial charge in [-0.05, 0) is 49.8 Å². The number of allylic oxidation sites excluding steroid dienone is 1. The predicted molar refractivity (Wildman–Crippen MR) is 153 cm³/mol. The summed E-state index contributed by atoms with van der Waals surface area (Å²) in [6, 6.07) is 8.35. The van der Waals surface area contributed by atoms with Gasteiger partial charge in [-0.1, -0.05) is 51.5 Å². The zero-order valence-electron chi connectivity index (χ0n) is 23.4. The molecule has 208 valence electrons. The summed E-state index contributed by atoms with van der Waals surface area (Å²) in [6.45, 7) is 4.46. The number of benzene rings is 1. The normalized spacial score (nSPS) is 21.9. The van der Waals surface area contributed by atoms with E-state index in [9.17, 15) is 4.79 Å². The summed E-state index contributed by atoms with van der Waals surface area (Å²) in [5, 5.41) is 6.01. The molecule has 1 aromatic heterocycles. The number of methoxy groups -OCH3 is 1. The van der Waals surface area contributed by atoms with Crippen LogP contribution in [-0.2, 0) is 4.74 Å². The third kappa shape index (κ3) is 6.90. The number of hydrazine groups is 1. The van der Waals surface area contributed by atoms with E-state index in [4.69, 9.17) is 16.3 Å². The summed E-state index contributed by atoms with van der Waals surface area (Å²) < 4.78 is 6.87. The van der Waals surface area contributed by atoms with Crippen molar-refractivity contribution in [1.82, 2.24) is 14.8 Å². The minimum absolute atomic E-state index is 0.0939. The summed E-state index contributed by atoms with van der Waals surface area (Å²) in [5.41, 5.74) is 10.4. The van der Waals surface area contributed by atoms with Crippen LogP contribution in [0.5, 0.6) is 0 Å². The Morgan fingerprint density at radius 2 is 1.82 bits per heavy atom. The van der Waals surface area contributed by atoms with Crippen LogP contribution in [0.25, 0.3) is 5.69 Å². The van der Waals surface area contributed by atoms with Crippen molar-refractivity contribution < 1.29 is 9.53 Å². The van der Waals surface area contributed by atoms with E-state index >= 15 is 0 Å². The average molecular weight is 523 g/mol. The highest BCUT2D eigenvalue weighted by atomic mass is 16.5. The van der Waals surface area contributed by atoms with Crippen LogP contribution in [0.1, 0.15) is 93.1 Å². The minimum Gasteiger partial charge on any atom is -0.465 e. The van der Waals surface area contributed by atoms with Crippen molar-refractivity contribution in [2.45, 2.75) is 77.0 Å². The highest BCUT2D eigenvalue weighted by Gasteiger charge is 2.45. The van der Waals surface area contributed by atoms with Crippen LogP contribution in [-0.4, -0.2) is 48.0 Å². The summed E-state index contributed by atoms with van der Waals surface area (Å²) >= 11 is 0. The molecule has 4 N–H and O–H groups in total. The maximum atomic E-state index is 12.4. The lowest BCUT2D eigenvalue weighted by atomic mass is 9.88. The van der Waals surface area contributed by atoms with Gasteiger partial charge in [0.05, 0.1) is 24.7 Å². The Balaban J connectivity index is 0.000000360. The fourth-order valence-corrected chi connectivity index (χ4v) is 5.95. The molecule has 2 unspecified atom stereocenters. The van der Waals surface area contributed by atoms with Crippen molar-refractivity contribution >= 4 is 11.7 Å². The summed E-state index contributed by atoms with van der Waals surface area (Å²) in [6.07, 6.45) is 16.8. The molecule has 1 aliphatic heterocycles. The highest BCUT2D eigenvalue weighted by molar-refractivity contribution is 5.91. The largest absolute Gasteiger partial charge is 0.465 e. The number of carbonyl (C=O) groups is 1. The van der Waals surface area contributed by atoms with Crippen LogP contribution in [0, 0.1) is 11.8 Å². The van der Waals surface area contributed by atoms with E-state index in [2.05, 4.69) is 29.1 Å². The Hall–Kier alpha value is -3.00. The maximum Gasteiger partial charge on any atom is 0.341 e. The van der Waals surface area contributed by atoms with Crippen molar-refractivity contribution in [3.8, 4) is 5.69 Å². The molecule has 1 aromatic carbocycles. The van der Waals surface area contributed by atoms with Crippen LogP contribution in [0.4, 0.5) is 5.69 Å². The van der Waals surface area contributed by atoms with Crippen LogP contribution in [0.15, 0.2) is 42.4 Å². The first-order chi connectivity index (χ1) is 18.4. The molecule has 3 aliphatic rings. The van der Waals surface area contributed by atoms with Gasteiger partial charge in [-0.15, -0.1) is 0 Å². The lowest BCUT2D eigenvalue weighted by Gasteiger charge is -2.29. The molecule has 2 saturated carbocycles. The van der Waals surface area contributed by atoms with Gasteiger partial charge in [0.2, 0.25) is 0 Å². The van der Waals surface area contributed by atoms with E-state index in [1.165, 1.54) is 75.6 Å². The number of ether oxygens (including phenoxy) is 1. The SMILES string of the molecule is CCC1CCCCC1.COC(=O)c1cnn(-c2cccc(N3CCCCC3)c2)c1C1CC1/C(N)=C/N(C)N. The average Bonchev–Trinajstić information content (AvgIpc) is 3.63. The van der Waals surface area contributed by atoms with Crippen molar-refractivity contribution in [1.29, 1.82) is 0 Å². The van der Waals surface area contributed by atoms with E-state index in [0.29, 0.717) is 11.3 Å². The van der Waals surface area contributed by atoms with Gasteiger partial charge in [-0.25, -0.2) is 15.3 Å². The Bertz CT molecular complexity index is 1080. The van der Waals surface area contributed by atoms with Gasteiger partial charge >= 0.3 is 5.97 Å². The fraction of sp³-hybridized carbons (Fsp3) is 0.600. The van der Waals surface area contributed by atoms with Crippen LogP contribution >= 0.6 is 0 Å². The molecule has 38 heavy (non-hydrogen) atoms. The van der Waals surface area contributed by atoms with Gasteiger partial charge in [0.1, 0.15) is 5.56 Å². The molecule has 2 atom stereocenters. The zero-order valence-corrected chi connectivity index (χ0v) is 23.4. The monoisotopic (exact) mass is 522 g/mol. The third-order valence-electron chi connectivity index (χ3n) is 8.23. The first-order valence-corrected chi connectivity index (χ1v) is 14.4. The van der Waals surface area contributed by atoms with Crippen molar-refractivity contribution in [2.24, 2.45) is 23.4 Å². The summed E-state index contributed by atoms with van der Waals surface area (Å²) in [5.74, 6) is 6.64. The number of nitrogens with zero attached hydrogens (tertiary/aromatic N) is 4. The minimum atomic E-state index is -0.382. The van der Waals surface area contributed by atoms with E-state index in [1.54, 1.807) is 19.4 Å². The molecule has 0 amide bonds. The number of piperidine rings is 1. The van der Waals surface area contributed by atoms with Crippen LogP contribution in [0.2, 0.25) is 0 Å². The van der Waals surface area contributed by atoms with E-state index in [1.807, 2.05) is 16.8 Å². The Morgan fingerprint density at radius 1 is 1.13 bits per heavy atom. The number of hydrogen-bond acceptors (Lipinski definition) is 7. The second kappa shape index (κ2) is 13.2. The van der Waals surface area contributed by atoms with Crippen LogP contribution < -0.4 is 16.5 Å². The fourth-order valence-electron chi connectivity index (χ4n) is 5.95. The smallest absolute Gasteiger partial charge is 0.341 e. The van der Waals surface area contributed by atoms with Crippen molar-refractivity contribution in [2.75, 3.05) is 32.1 Å². The molecule has 2 aromatic rings. The number of aromatic nitrogens is 2. The Morgan fingerprint density at radius 3 is 2.45 bits per heavy atom. The molecule has 2 heterocycles. The quantitative estimate of drug-likeness (QED) is 0.288. The molecule has 5 rings (SSSR count). The van der Waals surface area contributed by atoms with Crippen molar-refractivity contribution in [3.63, 3.8) is 0 Å². The standard InChI is InChI=1S/C22H30N6O2.C8H16/c1-26(24)14-20(23)17-12-18(17)21-19(22(29)30-2)13-25-28(21)16-8-6-7-15(11-16)27-9-4-3-5-10-27;1-2-8-6-4-3-5-7-8/h6-8,11,13-14,17-18H,3-5,9-10,12,23-24H2,1-2H3;8H,2-7H2,1H3/b20-14-;. The third-order valence-corrected chi connectivity index (χ3v) is 8.23. The topological polar surface area (TPSA) is 103 Å². The molecular weight excluding hydrogens is 476 g/mol. The van der Waals surface area contributed by atoms with Gasteiger partial charge in [0, 0.05) is 49.6 Å². The first-order valence-electron chi connectivity index (χ1n) is 14.4. The van der Waals surface area contributed by atoms with Crippen LogP contribution in [0.3, 0.4) is 0 Å². The number of nitrogens with two attached hydrogens (primary N) is 2. The molecule has 3 fully saturated rings. The van der Waals surface area contributed by atoms with E-state index in [-0.39, 0.29) is 17.8 Å². The van der Waals surface area contributed by atoms with Gasteiger partial charge in [-0.2, -0.15) is 5.10 Å². The molecular formula is C30H46N6O2. The van der Waals surface area contributed by atoms with E-state index < -0.39 is 0 Å². The highest BCUT2D eigenvalue weighted by Crippen LogP contribution is 2.52. The Labute approximate surface area is 228 Å². The maximum absolute atomic E-state index is 12.4. The second-order valence-corrected chi connectivity index (χ2v) is 11.1.